The number of hydrogen-bond donors (Lipinski definition) is 0. The van der Waals surface area contributed by atoms with Crippen LogP contribution in [0.3, 0.4) is 0 Å². The summed E-state index contributed by atoms with van der Waals surface area (Å²) in [4.78, 5) is 0. The molecule has 2 aromatic rings. The molecular formula is C14H13ClO. The number of halogens is 1. The Labute approximate surface area is 101 Å². The van der Waals surface area contributed by atoms with Gasteiger partial charge in [0.2, 0.25) is 0 Å². The maximum absolute atomic E-state index is 6.14. The van der Waals surface area contributed by atoms with E-state index in [1.807, 2.05) is 24.3 Å². The fourth-order valence-electron chi connectivity index (χ4n) is 1.64. The molecule has 16 heavy (non-hydrogen) atoms. The summed E-state index contributed by atoms with van der Waals surface area (Å²) in [6.07, 6.45) is 0. The minimum atomic E-state index is 0.642. The first-order valence-corrected chi connectivity index (χ1v) is 5.52. The first-order valence-electron chi connectivity index (χ1n) is 5.14. The van der Waals surface area contributed by atoms with Crippen molar-refractivity contribution in [3.63, 3.8) is 0 Å². The van der Waals surface area contributed by atoms with Crippen molar-refractivity contribution in [2.45, 2.75) is 6.61 Å². The summed E-state index contributed by atoms with van der Waals surface area (Å²) in [5, 5.41) is 0.780. The molecule has 1 nitrogen and oxygen atoms in total. The molecule has 0 aromatic heterocycles. The highest BCUT2D eigenvalue weighted by atomic mass is 35.5. The average molecular weight is 233 g/mol. The molecule has 0 saturated heterocycles. The molecule has 0 fully saturated rings. The van der Waals surface area contributed by atoms with Crippen LogP contribution in [0.4, 0.5) is 0 Å². The summed E-state index contributed by atoms with van der Waals surface area (Å²) in [6, 6.07) is 16.1. The lowest BCUT2D eigenvalue weighted by atomic mass is 10.0. The van der Waals surface area contributed by atoms with Crippen molar-refractivity contribution in [2.75, 3.05) is 7.11 Å². The first-order chi connectivity index (χ1) is 7.81. The fourth-order valence-corrected chi connectivity index (χ4v) is 1.89. The minimum Gasteiger partial charge on any atom is -0.380 e. The van der Waals surface area contributed by atoms with Gasteiger partial charge in [-0.15, -0.1) is 0 Å². The summed E-state index contributed by atoms with van der Waals surface area (Å²) >= 11 is 6.14. The standard InChI is InChI=1S/C14H13ClO/c1-16-10-11-6-8-12(9-7-11)13-4-2-3-5-14(13)15/h2-9H,10H2,1H3. The Kier molecular flexibility index (Phi) is 3.60. The molecule has 82 valence electrons. The van der Waals surface area contributed by atoms with Crippen molar-refractivity contribution in [1.29, 1.82) is 0 Å². The zero-order valence-corrected chi connectivity index (χ0v) is 9.87. The molecule has 0 bridgehead atoms. The smallest absolute Gasteiger partial charge is 0.0713 e. The van der Waals surface area contributed by atoms with Crippen LogP contribution in [0.15, 0.2) is 48.5 Å². The highest BCUT2D eigenvalue weighted by Crippen LogP contribution is 2.27. The van der Waals surface area contributed by atoms with E-state index in [2.05, 4.69) is 24.3 Å². The monoisotopic (exact) mass is 232 g/mol. The van der Waals surface area contributed by atoms with Crippen LogP contribution < -0.4 is 0 Å². The Bertz CT molecular complexity index is 462. The third-order valence-corrected chi connectivity index (χ3v) is 2.78. The summed E-state index contributed by atoms with van der Waals surface area (Å²) in [5.41, 5.74) is 3.36. The van der Waals surface area contributed by atoms with Crippen LogP contribution >= 0.6 is 11.6 Å². The minimum absolute atomic E-state index is 0.642. The molecule has 0 heterocycles. The Hall–Kier alpha value is -1.31. The zero-order valence-electron chi connectivity index (χ0n) is 9.11. The van der Waals surface area contributed by atoms with E-state index >= 15 is 0 Å². The Morgan fingerprint density at radius 2 is 1.69 bits per heavy atom. The topological polar surface area (TPSA) is 9.23 Å². The number of ether oxygens (including phenoxy) is 1. The molecule has 0 spiro atoms. The molecule has 0 saturated carbocycles. The highest BCUT2D eigenvalue weighted by molar-refractivity contribution is 6.33. The van der Waals surface area contributed by atoms with Crippen LogP contribution in [-0.4, -0.2) is 7.11 Å². The van der Waals surface area contributed by atoms with E-state index in [0.717, 1.165) is 16.1 Å². The lowest BCUT2D eigenvalue weighted by molar-refractivity contribution is 0.185. The van der Waals surface area contributed by atoms with Gasteiger partial charge >= 0.3 is 0 Å². The van der Waals surface area contributed by atoms with Crippen LogP contribution in [0.2, 0.25) is 5.02 Å². The second-order valence-electron chi connectivity index (χ2n) is 3.61. The van der Waals surface area contributed by atoms with Crippen LogP contribution in [-0.2, 0) is 11.3 Å². The van der Waals surface area contributed by atoms with Crippen molar-refractivity contribution in [1.82, 2.24) is 0 Å². The van der Waals surface area contributed by atoms with Crippen molar-refractivity contribution >= 4 is 11.6 Å². The number of methoxy groups -OCH3 is 1. The maximum Gasteiger partial charge on any atom is 0.0713 e. The number of hydrogen-bond acceptors (Lipinski definition) is 1. The van der Waals surface area contributed by atoms with Crippen LogP contribution in [0.1, 0.15) is 5.56 Å². The van der Waals surface area contributed by atoms with Crippen molar-refractivity contribution in [2.24, 2.45) is 0 Å². The van der Waals surface area contributed by atoms with Gasteiger partial charge in [0.1, 0.15) is 0 Å². The van der Waals surface area contributed by atoms with Gasteiger partial charge in [0, 0.05) is 17.7 Å². The van der Waals surface area contributed by atoms with Gasteiger partial charge in [-0.1, -0.05) is 54.1 Å². The van der Waals surface area contributed by atoms with E-state index in [9.17, 15) is 0 Å². The molecule has 0 amide bonds. The van der Waals surface area contributed by atoms with E-state index < -0.39 is 0 Å². The normalized spacial score (nSPS) is 10.4. The van der Waals surface area contributed by atoms with Gasteiger partial charge in [-0.2, -0.15) is 0 Å². The van der Waals surface area contributed by atoms with E-state index in [-0.39, 0.29) is 0 Å². The van der Waals surface area contributed by atoms with E-state index in [1.165, 1.54) is 5.56 Å². The summed E-state index contributed by atoms with van der Waals surface area (Å²) in [5.74, 6) is 0. The third kappa shape index (κ3) is 2.43. The molecule has 0 aliphatic heterocycles. The van der Waals surface area contributed by atoms with Crippen molar-refractivity contribution in [3.8, 4) is 11.1 Å². The molecule has 0 aliphatic rings. The van der Waals surface area contributed by atoms with Crippen LogP contribution in [0.5, 0.6) is 0 Å². The molecule has 2 rings (SSSR count). The zero-order chi connectivity index (χ0) is 11.4. The van der Waals surface area contributed by atoms with Gasteiger partial charge in [0.15, 0.2) is 0 Å². The lowest BCUT2D eigenvalue weighted by Gasteiger charge is -2.05. The van der Waals surface area contributed by atoms with Gasteiger partial charge in [0.05, 0.1) is 6.61 Å². The lowest BCUT2D eigenvalue weighted by Crippen LogP contribution is -1.87. The van der Waals surface area contributed by atoms with Gasteiger partial charge < -0.3 is 4.74 Å². The number of benzene rings is 2. The molecule has 0 N–H and O–H groups in total. The molecule has 0 radical (unpaired) electrons. The average Bonchev–Trinajstić information content (AvgIpc) is 2.31. The molecule has 2 heteroatoms. The van der Waals surface area contributed by atoms with Gasteiger partial charge in [0.25, 0.3) is 0 Å². The second-order valence-corrected chi connectivity index (χ2v) is 4.02. The maximum atomic E-state index is 6.14. The summed E-state index contributed by atoms with van der Waals surface area (Å²) < 4.78 is 5.07. The molecular weight excluding hydrogens is 220 g/mol. The first kappa shape index (κ1) is 11.2. The van der Waals surface area contributed by atoms with E-state index in [4.69, 9.17) is 16.3 Å². The Morgan fingerprint density at radius 1 is 1.00 bits per heavy atom. The van der Waals surface area contributed by atoms with Gasteiger partial charge in [-0.05, 0) is 17.2 Å². The largest absolute Gasteiger partial charge is 0.380 e. The summed E-state index contributed by atoms with van der Waals surface area (Å²) in [7, 11) is 1.70. The SMILES string of the molecule is COCc1ccc(-c2ccccc2Cl)cc1. The predicted octanol–water partition coefficient (Wildman–Crippen LogP) is 4.15. The Morgan fingerprint density at radius 3 is 2.31 bits per heavy atom. The quantitative estimate of drug-likeness (QED) is 0.773. The molecule has 0 atom stereocenters. The molecule has 0 unspecified atom stereocenters. The Balaban J connectivity index is 2.31. The highest BCUT2D eigenvalue weighted by Gasteiger charge is 2.01. The van der Waals surface area contributed by atoms with Crippen LogP contribution in [0, 0.1) is 0 Å². The van der Waals surface area contributed by atoms with Crippen LogP contribution in [0.25, 0.3) is 11.1 Å². The van der Waals surface area contributed by atoms with E-state index in [0.29, 0.717) is 6.61 Å². The second kappa shape index (κ2) is 5.15. The predicted molar refractivity (Wildman–Crippen MR) is 67.6 cm³/mol. The fraction of sp³-hybridized carbons (Fsp3) is 0.143. The molecule has 2 aromatic carbocycles. The summed E-state index contributed by atoms with van der Waals surface area (Å²) in [6.45, 7) is 0.642. The number of rotatable bonds is 3. The molecule has 0 aliphatic carbocycles. The van der Waals surface area contributed by atoms with Crippen molar-refractivity contribution in [3.05, 3.63) is 59.1 Å². The van der Waals surface area contributed by atoms with E-state index in [1.54, 1.807) is 7.11 Å². The van der Waals surface area contributed by atoms with Gasteiger partial charge in [-0.25, -0.2) is 0 Å². The van der Waals surface area contributed by atoms with Gasteiger partial charge in [-0.3, -0.25) is 0 Å². The van der Waals surface area contributed by atoms with Crippen molar-refractivity contribution < 1.29 is 4.74 Å². The third-order valence-electron chi connectivity index (χ3n) is 2.45.